The first-order valence-corrected chi connectivity index (χ1v) is 8.68. The Balaban J connectivity index is 2.70. The number of hydrogen-bond acceptors (Lipinski definition) is 4. The maximum absolute atomic E-state index is 11.8. The molecule has 0 fully saturated rings. The lowest BCUT2D eigenvalue weighted by atomic mass is 10.2. The van der Waals surface area contributed by atoms with E-state index in [0.717, 1.165) is 21.7 Å². The highest BCUT2D eigenvalue weighted by molar-refractivity contribution is 9.12. The van der Waals surface area contributed by atoms with E-state index in [9.17, 15) is 10.1 Å². The number of nitriles is 1. The lowest BCUT2D eigenvalue weighted by Crippen LogP contribution is -2.03. The second kappa shape index (κ2) is 7.03. The number of thioether (sulfide) groups is 1. The van der Waals surface area contributed by atoms with Crippen molar-refractivity contribution in [2.75, 3.05) is 12.9 Å². The number of esters is 1. The molecule has 0 saturated heterocycles. The van der Waals surface area contributed by atoms with E-state index in [1.807, 2.05) is 35.9 Å². The van der Waals surface area contributed by atoms with E-state index < -0.39 is 5.97 Å². The van der Waals surface area contributed by atoms with Crippen molar-refractivity contribution in [3.8, 4) is 6.07 Å². The van der Waals surface area contributed by atoms with Gasteiger partial charge in [0.05, 0.1) is 28.3 Å². The summed E-state index contributed by atoms with van der Waals surface area (Å²) in [5.41, 5.74) is 3.32. The zero-order valence-corrected chi connectivity index (χ0v) is 14.9. The monoisotopic (exact) mass is 378 g/mol. The molecule has 0 spiro atoms. The molecule has 6 heteroatoms. The fourth-order valence-corrected chi connectivity index (χ4v) is 3.24. The largest absolute Gasteiger partial charge is 0.462 e. The SMILES string of the molecule is CCOC(=O)/C(Br)=C/c1c(SC)c(C#N)c2cc(C)ccn12. The molecule has 0 saturated carbocycles. The summed E-state index contributed by atoms with van der Waals surface area (Å²) >= 11 is 4.74. The van der Waals surface area contributed by atoms with Gasteiger partial charge in [0, 0.05) is 6.20 Å². The van der Waals surface area contributed by atoms with Crippen LogP contribution >= 0.6 is 27.7 Å². The molecule has 0 N–H and O–H groups in total. The Morgan fingerprint density at radius 3 is 2.91 bits per heavy atom. The molecule has 0 radical (unpaired) electrons. The van der Waals surface area contributed by atoms with Crippen molar-refractivity contribution >= 4 is 45.3 Å². The molecule has 2 aromatic heterocycles. The standard InChI is InChI=1S/C16H15BrN2O2S/c1-4-21-16(20)12(17)8-14-15(22-3)11(9-18)13-7-10(2)5-6-19(13)14/h5-8H,4H2,1-3H3/b12-8-. The number of rotatable bonds is 4. The lowest BCUT2D eigenvalue weighted by Gasteiger charge is -2.03. The van der Waals surface area contributed by atoms with E-state index in [1.54, 1.807) is 13.0 Å². The number of carbonyl (C=O) groups is 1. The average molecular weight is 379 g/mol. The Morgan fingerprint density at radius 1 is 1.59 bits per heavy atom. The highest BCUT2D eigenvalue weighted by Gasteiger charge is 2.18. The van der Waals surface area contributed by atoms with Gasteiger partial charge in [0.1, 0.15) is 10.6 Å². The molecule has 0 bridgehead atoms. The van der Waals surface area contributed by atoms with Crippen LogP contribution in [-0.4, -0.2) is 23.2 Å². The number of aromatic nitrogens is 1. The highest BCUT2D eigenvalue weighted by Crippen LogP contribution is 2.33. The molecule has 4 nitrogen and oxygen atoms in total. The minimum atomic E-state index is -0.421. The van der Waals surface area contributed by atoms with Gasteiger partial charge < -0.3 is 9.14 Å². The fourth-order valence-electron chi connectivity index (χ4n) is 2.19. The Morgan fingerprint density at radius 2 is 2.32 bits per heavy atom. The predicted molar refractivity (Wildman–Crippen MR) is 92.2 cm³/mol. The topological polar surface area (TPSA) is 54.5 Å². The molecule has 0 unspecified atom stereocenters. The van der Waals surface area contributed by atoms with Crippen LogP contribution in [0.3, 0.4) is 0 Å². The number of hydrogen-bond donors (Lipinski definition) is 0. The first-order chi connectivity index (χ1) is 10.5. The predicted octanol–water partition coefficient (Wildman–Crippen LogP) is 4.14. The van der Waals surface area contributed by atoms with E-state index in [1.165, 1.54) is 11.8 Å². The Bertz CT molecular complexity index is 803. The van der Waals surface area contributed by atoms with E-state index in [0.29, 0.717) is 16.7 Å². The zero-order chi connectivity index (χ0) is 16.3. The molecule has 0 aliphatic rings. The molecule has 0 aliphatic heterocycles. The number of ether oxygens (including phenoxy) is 1. The first-order valence-electron chi connectivity index (χ1n) is 6.66. The van der Waals surface area contributed by atoms with Crippen molar-refractivity contribution < 1.29 is 9.53 Å². The number of fused-ring (bicyclic) bond motifs is 1. The quantitative estimate of drug-likeness (QED) is 0.455. The minimum absolute atomic E-state index is 0.314. The van der Waals surface area contributed by atoms with Crippen LogP contribution in [0, 0.1) is 18.3 Å². The van der Waals surface area contributed by atoms with Crippen molar-refractivity contribution in [3.05, 3.63) is 39.6 Å². The maximum Gasteiger partial charge on any atom is 0.345 e. The van der Waals surface area contributed by atoms with E-state index >= 15 is 0 Å². The van der Waals surface area contributed by atoms with Crippen LogP contribution in [0.2, 0.25) is 0 Å². The number of halogens is 1. The van der Waals surface area contributed by atoms with Crippen LogP contribution in [0.15, 0.2) is 27.7 Å². The van der Waals surface area contributed by atoms with Crippen LogP contribution in [0.25, 0.3) is 11.6 Å². The van der Waals surface area contributed by atoms with Crippen LogP contribution in [0.4, 0.5) is 0 Å². The number of aryl methyl sites for hydroxylation is 1. The summed E-state index contributed by atoms with van der Waals surface area (Å²) in [6.45, 7) is 4.06. The second-order valence-electron chi connectivity index (χ2n) is 4.58. The zero-order valence-electron chi connectivity index (χ0n) is 12.5. The fraction of sp³-hybridized carbons (Fsp3) is 0.250. The van der Waals surface area contributed by atoms with E-state index in [2.05, 4.69) is 22.0 Å². The molecule has 22 heavy (non-hydrogen) atoms. The molecular weight excluding hydrogens is 364 g/mol. The molecule has 0 amide bonds. The summed E-state index contributed by atoms with van der Waals surface area (Å²) in [5, 5.41) is 9.48. The number of nitrogens with zero attached hydrogens (tertiary/aromatic N) is 2. The van der Waals surface area contributed by atoms with Gasteiger partial charge in [0.2, 0.25) is 0 Å². The van der Waals surface area contributed by atoms with Crippen molar-refractivity contribution in [1.29, 1.82) is 5.26 Å². The third kappa shape index (κ3) is 3.06. The average Bonchev–Trinajstić information content (AvgIpc) is 2.79. The summed E-state index contributed by atoms with van der Waals surface area (Å²) in [5.74, 6) is -0.421. The summed E-state index contributed by atoms with van der Waals surface area (Å²) in [6.07, 6.45) is 5.52. The van der Waals surface area contributed by atoms with Crippen LogP contribution in [0.1, 0.15) is 23.7 Å². The molecule has 0 atom stereocenters. The van der Waals surface area contributed by atoms with Gasteiger partial charge in [0.15, 0.2) is 0 Å². The lowest BCUT2D eigenvalue weighted by molar-refractivity contribution is -0.137. The molecule has 2 heterocycles. The summed E-state index contributed by atoms with van der Waals surface area (Å²) in [4.78, 5) is 12.6. The van der Waals surface area contributed by atoms with Crippen molar-refractivity contribution in [2.24, 2.45) is 0 Å². The number of pyridine rings is 1. The van der Waals surface area contributed by atoms with Crippen molar-refractivity contribution in [1.82, 2.24) is 4.40 Å². The van der Waals surface area contributed by atoms with Crippen molar-refractivity contribution in [2.45, 2.75) is 18.7 Å². The Labute approximate surface area is 141 Å². The van der Waals surface area contributed by atoms with Crippen molar-refractivity contribution in [3.63, 3.8) is 0 Å². The summed E-state index contributed by atoms with van der Waals surface area (Å²) in [6, 6.07) is 6.19. The van der Waals surface area contributed by atoms with Gasteiger partial charge in [-0.3, -0.25) is 0 Å². The summed E-state index contributed by atoms with van der Waals surface area (Å²) < 4.78 is 7.22. The van der Waals surface area contributed by atoms with Gasteiger partial charge in [-0.1, -0.05) is 0 Å². The van der Waals surface area contributed by atoms with Gasteiger partial charge in [0.25, 0.3) is 0 Å². The highest BCUT2D eigenvalue weighted by atomic mass is 79.9. The molecule has 114 valence electrons. The van der Waals surface area contributed by atoms with Gasteiger partial charge in [-0.2, -0.15) is 5.26 Å². The molecular formula is C16H15BrN2O2S. The third-order valence-electron chi connectivity index (χ3n) is 3.14. The first kappa shape index (κ1) is 16.7. The molecule has 0 aromatic carbocycles. The smallest absolute Gasteiger partial charge is 0.345 e. The number of carbonyl (C=O) groups excluding carboxylic acids is 1. The van der Waals surface area contributed by atoms with Gasteiger partial charge >= 0.3 is 5.97 Å². The Kier molecular flexibility index (Phi) is 5.33. The van der Waals surface area contributed by atoms with Gasteiger partial charge in [-0.25, -0.2) is 4.79 Å². The molecule has 2 rings (SSSR count). The van der Waals surface area contributed by atoms with Crippen LogP contribution in [0.5, 0.6) is 0 Å². The van der Waals surface area contributed by atoms with E-state index in [4.69, 9.17) is 4.74 Å². The minimum Gasteiger partial charge on any atom is -0.462 e. The molecule has 2 aromatic rings. The third-order valence-corrected chi connectivity index (χ3v) is 4.51. The second-order valence-corrected chi connectivity index (χ2v) is 6.25. The Hall–Kier alpha value is -1.71. The summed E-state index contributed by atoms with van der Waals surface area (Å²) in [7, 11) is 0. The van der Waals surface area contributed by atoms with Gasteiger partial charge in [-0.15, -0.1) is 11.8 Å². The normalized spacial score (nSPS) is 11.5. The molecule has 0 aliphatic carbocycles. The van der Waals surface area contributed by atoms with Crippen LogP contribution in [-0.2, 0) is 9.53 Å². The van der Waals surface area contributed by atoms with Gasteiger partial charge in [-0.05, 0) is 59.8 Å². The van der Waals surface area contributed by atoms with E-state index in [-0.39, 0.29) is 0 Å². The maximum atomic E-state index is 11.8. The van der Waals surface area contributed by atoms with Crippen LogP contribution < -0.4 is 0 Å².